The van der Waals surface area contributed by atoms with Gasteiger partial charge in [0.05, 0.1) is 16.5 Å². The van der Waals surface area contributed by atoms with Crippen molar-refractivity contribution >= 4 is 21.6 Å². The maximum atomic E-state index is 13.2. The number of halogens is 1. The number of aromatic nitrogens is 1. The van der Waals surface area contributed by atoms with E-state index in [-0.39, 0.29) is 18.0 Å². The van der Waals surface area contributed by atoms with Crippen LogP contribution in [-0.4, -0.2) is 17.7 Å². The summed E-state index contributed by atoms with van der Waals surface area (Å²) in [4.78, 5) is 4.23. The summed E-state index contributed by atoms with van der Waals surface area (Å²) in [5.74, 6) is 0. The summed E-state index contributed by atoms with van der Waals surface area (Å²) < 4.78 is 27.8. The van der Waals surface area contributed by atoms with E-state index in [0.29, 0.717) is 10.6 Å². The van der Waals surface area contributed by atoms with Gasteiger partial charge in [-0.1, -0.05) is 29.8 Å². The van der Waals surface area contributed by atoms with Crippen molar-refractivity contribution in [3.05, 3.63) is 94.8 Å². The largest absolute Gasteiger partial charge is 0.264 e. The van der Waals surface area contributed by atoms with E-state index in [1.165, 1.54) is 16.4 Å². The maximum Gasteiger partial charge on any atom is 0.243 e. The third-order valence-electron chi connectivity index (χ3n) is 3.98. The van der Waals surface area contributed by atoms with Crippen LogP contribution in [0.2, 0.25) is 5.02 Å². The second-order valence-corrected chi connectivity index (χ2v) is 8.27. The third kappa shape index (κ3) is 4.72. The third-order valence-corrected chi connectivity index (χ3v) is 6.03. The number of hydrogen-bond donors (Lipinski definition) is 0. The van der Waals surface area contributed by atoms with Gasteiger partial charge >= 0.3 is 0 Å². The minimum Gasteiger partial charge on any atom is -0.264 e. The Morgan fingerprint density at radius 3 is 2.22 bits per heavy atom. The van der Waals surface area contributed by atoms with Gasteiger partial charge in [0.15, 0.2) is 0 Å². The Bertz CT molecular complexity index is 1050. The number of rotatable bonds is 6. The second-order valence-electron chi connectivity index (χ2n) is 5.90. The van der Waals surface area contributed by atoms with Gasteiger partial charge in [-0.2, -0.15) is 9.57 Å². The molecule has 0 amide bonds. The normalized spacial score (nSPS) is 11.3. The molecular formula is C20H16ClN3O2S. The molecule has 0 radical (unpaired) electrons. The van der Waals surface area contributed by atoms with Crippen LogP contribution in [0, 0.1) is 11.3 Å². The topological polar surface area (TPSA) is 74.1 Å². The highest BCUT2D eigenvalue weighted by Gasteiger charge is 2.25. The average Bonchev–Trinajstić information content (AvgIpc) is 2.69. The molecule has 0 aliphatic carbocycles. The monoisotopic (exact) mass is 397 g/mol. The molecule has 1 heterocycles. The lowest BCUT2D eigenvalue weighted by atomic mass is 10.1. The fourth-order valence-electron chi connectivity index (χ4n) is 2.57. The molecule has 0 unspecified atom stereocenters. The van der Waals surface area contributed by atoms with Crippen molar-refractivity contribution in [2.75, 3.05) is 0 Å². The lowest BCUT2D eigenvalue weighted by Crippen LogP contribution is -2.30. The van der Waals surface area contributed by atoms with E-state index < -0.39 is 10.0 Å². The minimum absolute atomic E-state index is 0.171. The highest BCUT2D eigenvalue weighted by molar-refractivity contribution is 7.89. The van der Waals surface area contributed by atoms with Crippen molar-refractivity contribution < 1.29 is 8.42 Å². The molecule has 3 aromatic rings. The van der Waals surface area contributed by atoms with E-state index in [1.54, 1.807) is 54.9 Å². The number of benzene rings is 2. The van der Waals surface area contributed by atoms with Gasteiger partial charge in [-0.15, -0.1) is 0 Å². The SMILES string of the molecule is N#Cc1ccc(CN(Cc2cccnc2)S(=O)(=O)c2ccc(Cl)cc2)cc1. The zero-order chi connectivity index (χ0) is 19.3. The summed E-state index contributed by atoms with van der Waals surface area (Å²) >= 11 is 5.89. The van der Waals surface area contributed by atoms with Crippen molar-refractivity contribution in [1.82, 2.24) is 9.29 Å². The van der Waals surface area contributed by atoms with Gasteiger partial charge in [-0.3, -0.25) is 4.98 Å². The highest BCUT2D eigenvalue weighted by atomic mass is 35.5. The summed E-state index contributed by atoms with van der Waals surface area (Å²) in [5.41, 5.74) is 2.09. The Hall–Kier alpha value is -2.72. The number of sulfonamides is 1. The Morgan fingerprint density at radius 1 is 0.963 bits per heavy atom. The van der Waals surface area contributed by atoms with Crippen LogP contribution in [0.3, 0.4) is 0 Å². The molecule has 3 rings (SSSR count). The molecule has 0 saturated carbocycles. The molecule has 0 aliphatic heterocycles. The second kappa shape index (κ2) is 8.31. The highest BCUT2D eigenvalue weighted by Crippen LogP contribution is 2.22. The van der Waals surface area contributed by atoms with Gasteiger partial charge in [0.25, 0.3) is 0 Å². The van der Waals surface area contributed by atoms with Crippen LogP contribution in [0.4, 0.5) is 0 Å². The summed E-state index contributed by atoms with van der Waals surface area (Å²) in [6.45, 7) is 0.352. The van der Waals surface area contributed by atoms with Crippen LogP contribution in [0.15, 0.2) is 78.0 Å². The van der Waals surface area contributed by atoms with E-state index in [0.717, 1.165) is 11.1 Å². The summed E-state index contributed by atoms with van der Waals surface area (Å²) in [5, 5.41) is 9.40. The molecule has 1 aromatic heterocycles. The van der Waals surface area contributed by atoms with Gasteiger partial charge in [-0.25, -0.2) is 8.42 Å². The van der Waals surface area contributed by atoms with Gasteiger partial charge in [0.1, 0.15) is 0 Å². The zero-order valence-electron chi connectivity index (χ0n) is 14.3. The molecule has 0 aliphatic rings. The fourth-order valence-corrected chi connectivity index (χ4v) is 4.11. The van der Waals surface area contributed by atoms with Gasteiger partial charge in [0, 0.05) is 30.5 Å². The average molecular weight is 398 g/mol. The smallest absolute Gasteiger partial charge is 0.243 e. The van der Waals surface area contributed by atoms with Crippen LogP contribution in [0.1, 0.15) is 16.7 Å². The minimum atomic E-state index is -3.75. The van der Waals surface area contributed by atoms with E-state index in [2.05, 4.69) is 11.1 Å². The Balaban J connectivity index is 1.95. The summed E-state index contributed by atoms with van der Waals surface area (Å²) in [7, 11) is -3.75. The molecule has 0 fully saturated rings. The van der Waals surface area contributed by atoms with E-state index in [9.17, 15) is 8.42 Å². The molecule has 5 nitrogen and oxygen atoms in total. The van der Waals surface area contributed by atoms with Crippen molar-refractivity contribution in [3.63, 3.8) is 0 Å². The van der Waals surface area contributed by atoms with Gasteiger partial charge in [-0.05, 0) is 53.6 Å². The summed E-state index contributed by atoms with van der Waals surface area (Å²) in [6.07, 6.45) is 3.28. The first-order valence-electron chi connectivity index (χ1n) is 8.13. The van der Waals surface area contributed by atoms with Crippen molar-refractivity contribution in [3.8, 4) is 6.07 Å². The van der Waals surface area contributed by atoms with Crippen LogP contribution in [-0.2, 0) is 23.1 Å². The molecule has 27 heavy (non-hydrogen) atoms. The van der Waals surface area contributed by atoms with Gasteiger partial charge in [0.2, 0.25) is 10.0 Å². The number of nitrogens with zero attached hydrogens (tertiary/aromatic N) is 3. The number of hydrogen-bond acceptors (Lipinski definition) is 4. The van der Waals surface area contributed by atoms with E-state index in [1.807, 2.05) is 6.07 Å². The first-order valence-corrected chi connectivity index (χ1v) is 9.94. The van der Waals surface area contributed by atoms with Crippen LogP contribution < -0.4 is 0 Å². The number of nitriles is 1. The van der Waals surface area contributed by atoms with Crippen molar-refractivity contribution in [1.29, 1.82) is 5.26 Å². The number of pyridine rings is 1. The maximum absolute atomic E-state index is 13.2. The van der Waals surface area contributed by atoms with E-state index in [4.69, 9.17) is 16.9 Å². The van der Waals surface area contributed by atoms with Crippen LogP contribution in [0.25, 0.3) is 0 Å². The molecule has 0 saturated heterocycles. The van der Waals surface area contributed by atoms with Crippen LogP contribution >= 0.6 is 11.6 Å². The van der Waals surface area contributed by atoms with Gasteiger partial charge < -0.3 is 0 Å². The standard InChI is InChI=1S/C20H16ClN3O2S/c21-19-7-9-20(10-8-19)27(25,26)24(15-18-2-1-11-23-13-18)14-17-5-3-16(12-22)4-6-17/h1-11,13H,14-15H2. The molecule has 2 aromatic carbocycles. The predicted octanol–water partition coefficient (Wildman–Crippen LogP) is 4.00. The molecule has 0 spiro atoms. The zero-order valence-corrected chi connectivity index (χ0v) is 15.9. The molecule has 7 heteroatoms. The Labute approximate surface area is 163 Å². The summed E-state index contributed by atoms with van der Waals surface area (Å²) in [6, 6.07) is 18.6. The molecule has 0 bridgehead atoms. The van der Waals surface area contributed by atoms with E-state index >= 15 is 0 Å². The lowest BCUT2D eigenvalue weighted by molar-refractivity contribution is 0.400. The molecule has 136 valence electrons. The quantitative estimate of drug-likeness (QED) is 0.630. The molecular weight excluding hydrogens is 382 g/mol. The Morgan fingerprint density at radius 2 is 1.63 bits per heavy atom. The van der Waals surface area contributed by atoms with Crippen LogP contribution in [0.5, 0.6) is 0 Å². The van der Waals surface area contributed by atoms with Crippen molar-refractivity contribution in [2.45, 2.75) is 18.0 Å². The predicted molar refractivity (Wildman–Crippen MR) is 103 cm³/mol. The first-order chi connectivity index (χ1) is 13.0. The van der Waals surface area contributed by atoms with Crippen molar-refractivity contribution in [2.24, 2.45) is 0 Å². The lowest BCUT2D eigenvalue weighted by Gasteiger charge is -2.22. The first kappa shape index (κ1) is 19.1. The Kier molecular flexibility index (Phi) is 5.87. The molecule has 0 N–H and O–H groups in total. The molecule has 0 atom stereocenters. The fraction of sp³-hybridized carbons (Fsp3) is 0.100.